The molecule has 1 atom stereocenters. The summed E-state index contributed by atoms with van der Waals surface area (Å²) in [5.74, 6) is -0.891. The van der Waals surface area contributed by atoms with E-state index in [1.165, 1.54) is 38.4 Å². The van der Waals surface area contributed by atoms with Gasteiger partial charge >= 0.3 is 5.97 Å². The largest absolute Gasteiger partial charge is 0.452 e. The van der Waals surface area contributed by atoms with Gasteiger partial charge in [-0.25, -0.2) is 17.5 Å². The van der Waals surface area contributed by atoms with Gasteiger partial charge in [-0.3, -0.25) is 4.79 Å². The lowest BCUT2D eigenvalue weighted by Gasteiger charge is -2.17. The number of hydrogen-bond donors (Lipinski definition) is 1. The van der Waals surface area contributed by atoms with Crippen LogP contribution in [0.2, 0.25) is 0 Å². The molecule has 0 saturated carbocycles. The molecule has 0 fully saturated rings. The molecule has 0 radical (unpaired) electrons. The van der Waals surface area contributed by atoms with Crippen LogP contribution in [0.25, 0.3) is 0 Å². The van der Waals surface area contributed by atoms with Crippen LogP contribution in [-0.2, 0) is 19.6 Å². The molecular weight excluding hydrogens is 332 g/mol. The van der Waals surface area contributed by atoms with Crippen LogP contribution in [0.15, 0.2) is 29.2 Å². The Labute approximate surface area is 143 Å². The van der Waals surface area contributed by atoms with Crippen molar-refractivity contribution < 1.29 is 22.7 Å². The van der Waals surface area contributed by atoms with Gasteiger partial charge in [-0.05, 0) is 31.0 Å². The van der Waals surface area contributed by atoms with E-state index >= 15 is 0 Å². The molecular formula is C16H24N2O5S. The molecule has 0 aromatic heterocycles. The normalized spacial score (nSPS) is 13.0. The van der Waals surface area contributed by atoms with E-state index in [9.17, 15) is 18.0 Å². The minimum Gasteiger partial charge on any atom is -0.452 e. The minimum atomic E-state index is -3.64. The maximum Gasteiger partial charge on any atom is 0.338 e. The van der Waals surface area contributed by atoms with Crippen molar-refractivity contribution in [3.63, 3.8) is 0 Å². The van der Waals surface area contributed by atoms with E-state index in [0.717, 1.165) is 4.31 Å². The van der Waals surface area contributed by atoms with Crippen molar-refractivity contribution >= 4 is 21.9 Å². The number of hydrogen-bond acceptors (Lipinski definition) is 5. The molecule has 0 aliphatic heterocycles. The predicted octanol–water partition coefficient (Wildman–Crippen LogP) is 1.25. The fourth-order valence-corrected chi connectivity index (χ4v) is 2.62. The molecule has 1 rings (SSSR count). The van der Waals surface area contributed by atoms with Gasteiger partial charge in [0, 0.05) is 20.1 Å². The SMILES string of the molecule is CC(C)[C@H](C)NC(=O)COC(=O)c1cccc(S(=O)(=O)N(C)C)c1. The quantitative estimate of drug-likeness (QED) is 0.742. The van der Waals surface area contributed by atoms with Crippen molar-refractivity contribution in [3.8, 4) is 0 Å². The average molecular weight is 356 g/mol. The van der Waals surface area contributed by atoms with Crippen LogP contribution >= 0.6 is 0 Å². The summed E-state index contributed by atoms with van der Waals surface area (Å²) in [6.45, 7) is 5.38. The Morgan fingerprint density at radius 1 is 1.21 bits per heavy atom. The number of carbonyl (C=O) groups is 2. The molecule has 1 aromatic rings. The van der Waals surface area contributed by atoms with E-state index in [1.54, 1.807) is 0 Å². The van der Waals surface area contributed by atoms with E-state index < -0.39 is 28.5 Å². The standard InChI is InChI=1S/C16H24N2O5S/c1-11(2)12(3)17-15(19)10-23-16(20)13-7-6-8-14(9-13)24(21,22)18(4)5/h6-9,11-12H,10H2,1-5H3,(H,17,19)/t12-/m0/s1. The summed E-state index contributed by atoms with van der Waals surface area (Å²) in [4.78, 5) is 23.7. The van der Waals surface area contributed by atoms with Crippen molar-refractivity contribution in [2.24, 2.45) is 5.92 Å². The Morgan fingerprint density at radius 2 is 1.83 bits per heavy atom. The lowest BCUT2D eigenvalue weighted by molar-refractivity contribution is -0.125. The van der Waals surface area contributed by atoms with Crippen LogP contribution in [0.4, 0.5) is 0 Å². The summed E-state index contributed by atoms with van der Waals surface area (Å²) >= 11 is 0. The summed E-state index contributed by atoms with van der Waals surface area (Å²) in [5, 5.41) is 2.72. The first-order valence-corrected chi connectivity index (χ1v) is 8.98. The predicted molar refractivity (Wildman–Crippen MR) is 90.0 cm³/mol. The van der Waals surface area contributed by atoms with Crippen LogP contribution in [0.5, 0.6) is 0 Å². The Bertz CT molecular complexity index is 698. The average Bonchev–Trinajstić information content (AvgIpc) is 2.52. The van der Waals surface area contributed by atoms with Gasteiger partial charge in [0.25, 0.3) is 5.91 Å². The van der Waals surface area contributed by atoms with Crippen molar-refractivity contribution in [3.05, 3.63) is 29.8 Å². The first-order chi connectivity index (χ1) is 11.1. The summed E-state index contributed by atoms with van der Waals surface area (Å²) in [5.41, 5.74) is 0.0719. The molecule has 0 unspecified atom stereocenters. The number of nitrogens with zero attached hydrogens (tertiary/aromatic N) is 1. The van der Waals surface area contributed by atoms with Gasteiger partial charge in [0.15, 0.2) is 6.61 Å². The molecule has 1 N–H and O–H groups in total. The van der Waals surface area contributed by atoms with E-state index in [-0.39, 0.29) is 22.4 Å². The van der Waals surface area contributed by atoms with Crippen molar-refractivity contribution in [2.75, 3.05) is 20.7 Å². The molecule has 1 amide bonds. The van der Waals surface area contributed by atoms with Gasteiger partial charge in [-0.15, -0.1) is 0 Å². The highest BCUT2D eigenvalue weighted by Crippen LogP contribution is 2.15. The zero-order valence-corrected chi connectivity index (χ0v) is 15.4. The molecule has 8 heteroatoms. The second-order valence-electron chi connectivity index (χ2n) is 5.99. The Balaban J connectivity index is 2.75. The molecule has 7 nitrogen and oxygen atoms in total. The third-order valence-electron chi connectivity index (χ3n) is 3.57. The van der Waals surface area contributed by atoms with Crippen molar-refractivity contribution in [1.82, 2.24) is 9.62 Å². The number of esters is 1. The Hall–Kier alpha value is -1.93. The fourth-order valence-electron chi connectivity index (χ4n) is 1.67. The fraction of sp³-hybridized carbons (Fsp3) is 0.500. The highest BCUT2D eigenvalue weighted by Gasteiger charge is 2.20. The number of carbonyl (C=O) groups excluding carboxylic acids is 2. The van der Waals surface area contributed by atoms with Crippen LogP contribution < -0.4 is 5.32 Å². The van der Waals surface area contributed by atoms with Gasteiger partial charge in [0.2, 0.25) is 10.0 Å². The number of rotatable bonds is 7. The number of amides is 1. The van der Waals surface area contributed by atoms with E-state index in [0.29, 0.717) is 0 Å². The van der Waals surface area contributed by atoms with Gasteiger partial charge < -0.3 is 10.1 Å². The third kappa shape index (κ3) is 5.31. The van der Waals surface area contributed by atoms with E-state index in [2.05, 4.69) is 5.32 Å². The topological polar surface area (TPSA) is 92.8 Å². The zero-order chi connectivity index (χ0) is 18.5. The smallest absolute Gasteiger partial charge is 0.338 e. The molecule has 0 spiro atoms. The third-order valence-corrected chi connectivity index (χ3v) is 5.38. The summed E-state index contributed by atoms with van der Waals surface area (Å²) in [6, 6.07) is 5.47. The van der Waals surface area contributed by atoms with Gasteiger partial charge in [0.05, 0.1) is 10.5 Å². The Morgan fingerprint density at radius 3 is 2.38 bits per heavy atom. The lowest BCUT2D eigenvalue weighted by atomic mass is 10.1. The molecule has 0 bridgehead atoms. The number of sulfonamides is 1. The maximum atomic E-state index is 12.1. The minimum absolute atomic E-state index is 0.0140. The molecule has 0 aliphatic carbocycles. The van der Waals surface area contributed by atoms with E-state index in [4.69, 9.17) is 4.74 Å². The second-order valence-corrected chi connectivity index (χ2v) is 8.14. The highest BCUT2D eigenvalue weighted by molar-refractivity contribution is 7.89. The van der Waals surface area contributed by atoms with Gasteiger partial charge in [-0.2, -0.15) is 0 Å². The van der Waals surface area contributed by atoms with Gasteiger partial charge in [-0.1, -0.05) is 19.9 Å². The van der Waals surface area contributed by atoms with E-state index in [1.807, 2.05) is 20.8 Å². The molecule has 134 valence electrons. The first-order valence-electron chi connectivity index (χ1n) is 7.54. The van der Waals surface area contributed by atoms with Crippen molar-refractivity contribution in [2.45, 2.75) is 31.7 Å². The molecule has 0 saturated heterocycles. The lowest BCUT2D eigenvalue weighted by Crippen LogP contribution is -2.38. The monoisotopic (exact) mass is 356 g/mol. The molecule has 1 aromatic carbocycles. The molecule has 24 heavy (non-hydrogen) atoms. The Kier molecular flexibility index (Phi) is 6.92. The van der Waals surface area contributed by atoms with Crippen LogP contribution in [0.1, 0.15) is 31.1 Å². The second kappa shape index (κ2) is 8.25. The highest BCUT2D eigenvalue weighted by atomic mass is 32.2. The first kappa shape index (κ1) is 20.1. The van der Waals surface area contributed by atoms with Crippen LogP contribution in [0.3, 0.4) is 0 Å². The molecule has 0 heterocycles. The zero-order valence-electron chi connectivity index (χ0n) is 14.6. The van der Waals surface area contributed by atoms with Crippen LogP contribution in [0, 0.1) is 5.92 Å². The summed E-state index contributed by atoms with van der Waals surface area (Å²) in [7, 11) is -0.837. The van der Waals surface area contributed by atoms with Crippen LogP contribution in [-0.4, -0.2) is 51.3 Å². The maximum absolute atomic E-state index is 12.1. The molecule has 0 aliphatic rings. The summed E-state index contributed by atoms with van der Waals surface area (Å²) < 4.78 is 30.1. The van der Waals surface area contributed by atoms with Gasteiger partial charge in [0.1, 0.15) is 0 Å². The number of ether oxygens (including phenoxy) is 1. The van der Waals surface area contributed by atoms with Crippen molar-refractivity contribution in [1.29, 1.82) is 0 Å². The summed E-state index contributed by atoms with van der Waals surface area (Å²) in [6.07, 6.45) is 0. The number of nitrogens with one attached hydrogen (secondary N) is 1. The number of benzene rings is 1.